The third-order valence-electron chi connectivity index (χ3n) is 5.83. The lowest BCUT2D eigenvalue weighted by atomic mass is 10.1. The Morgan fingerprint density at radius 1 is 1.42 bits per heavy atom. The molecule has 3 rings (SSSR count). The molecule has 0 saturated carbocycles. The van der Waals surface area contributed by atoms with E-state index in [-0.39, 0.29) is 28.8 Å². The summed E-state index contributed by atoms with van der Waals surface area (Å²) in [6.45, 7) is 10.1. The molecule has 2 aromatic rings. The Bertz CT molecular complexity index is 1010. The van der Waals surface area contributed by atoms with Crippen molar-refractivity contribution >= 4 is 31.8 Å². The molecule has 3 N–H and O–H groups in total. The molecule has 1 saturated heterocycles. The number of hydrogen-bond donors (Lipinski definition) is 3. The van der Waals surface area contributed by atoms with Gasteiger partial charge in [0.05, 0.1) is 19.3 Å². The van der Waals surface area contributed by atoms with Crippen molar-refractivity contribution in [3.8, 4) is 0 Å². The van der Waals surface area contributed by atoms with Gasteiger partial charge < -0.3 is 24.3 Å². The maximum atomic E-state index is 12.5. The lowest BCUT2D eigenvalue weighted by Crippen LogP contribution is -2.48. The van der Waals surface area contributed by atoms with Gasteiger partial charge in [0.2, 0.25) is 5.95 Å². The average molecular weight is 453 g/mol. The molecule has 0 aromatic carbocycles. The summed E-state index contributed by atoms with van der Waals surface area (Å²) in [4.78, 5) is 29.5. The first-order valence-corrected chi connectivity index (χ1v) is 13.1. The highest BCUT2D eigenvalue weighted by Crippen LogP contribution is 2.42. The van der Waals surface area contributed by atoms with Crippen LogP contribution in [0.15, 0.2) is 16.1 Å². The van der Waals surface area contributed by atoms with E-state index in [1.165, 1.54) is 12.7 Å². The molecule has 2 aromatic heterocycles. The van der Waals surface area contributed by atoms with Crippen LogP contribution in [-0.4, -0.2) is 88.3 Å². The summed E-state index contributed by atoms with van der Waals surface area (Å²) in [6, 6.07) is 0. The third-order valence-corrected chi connectivity index (χ3v) is 10.3. The Morgan fingerprint density at radius 2 is 2.10 bits per heavy atom. The average Bonchev–Trinajstić information content (AvgIpc) is 3.21. The zero-order valence-electron chi connectivity index (χ0n) is 19.0. The molecule has 0 aliphatic carbocycles. The van der Waals surface area contributed by atoms with Crippen molar-refractivity contribution in [1.82, 2.24) is 24.4 Å². The molecular weight excluding hydrogens is 420 g/mol. The minimum Gasteiger partial charge on any atom is -0.407 e. The number of aliphatic imine (C=N–C) groups is 1. The molecule has 0 unspecified atom stereocenters. The molecule has 12 heteroatoms. The second kappa shape index (κ2) is 8.43. The van der Waals surface area contributed by atoms with Crippen LogP contribution in [-0.2, 0) is 9.16 Å². The smallest absolute Gasteiger partial charge is 0.280 e. The van der Waals surface area contributed by atoms with E-state index in [0.717, 1.165) is 0 Å². The third kappa shape index (κ3) is 4.57. The first kappa shape index (κ1) is 23.5. The normalized spacial score (nSPS) is 25.1. The Kier molecular flexibility index (Phi) is 6.40. The highest BCUT2D eigenvalue weighted by Gasteiger charge is 2.50. The van der Waals surface area contributed by atoms with Crippen molar-refractivity contribution in [2.45, 2.75) is 63.4 Å². The molecule has 1 aliphatic heterocycles. The standard InChI is InChI=1S/C19H32N6O5Si/c1-19(2,3)31(6,7)30-14-13(27)11(8-26)29-17(14)25-10-20-12-15(25)22-18(23-16(12)28)21-9-24(4)5/h9-11,13-14,17,26-27H,8H2,1-7H3,(H,22,23,28)/b21-9+/t11-,13-,14-,17-/m1/s1. The van der Waals surface area contributed by atoms with Crippen molar-refractivity contribution in [2.75, 3.05) is 20.7 Å². The second-order valence-corrected chi connectivity index (χ2v) is 14.3. The quantitative estimate of drug-likeness (QED) is 0.335. The molecule has 0 radical (unpaired) electrons. The maximum absolute atomic E-state index is 12.5. The molecule has 0 spiro atoms. The predicted molar refractivity (Wildman–Crippen MR) is 119 cm³/mol. The fraction of sp³-hybridized carbons (Fsp3) is 0.684. The minimum atomic E-state index is -2.30. The number of hydrogen-bond acceptors (Lipinski definition) is 8. The Balaban J connectivity index is 2.07. The first-order chi connectivity index (χ1) is 14.4. The van der Waals surface area contributed by atoms with Gasteiger partial charge in [-0.2, -0.15) is 4.98 Å². The van der Waals surface area contributed by atoms with E-state index in [9.17, 15) is 15.0 Å². The number of fused-ring (bicyclic) bond motifs is 1. The number of ether oxygens (including phenoxy) is 1. The molecule has 4 atom stereocenters. The van der Waals surface area contributed by atoms with Crippen LogP contribution >= 0.6 is 0 Å². The molecule has 11 nitrogen and oxygen atoms in total. The Labute approximate surface area is 181 Å². The number of nitrogens with one attached hydrogen (secondary N) is 1. The fourth-order valence-corrected chi connectivity index (χ4v) is 4.36. The number of nitrogens with zero attached hydrogens (tertiary/aromatic N) is 5. The van der Waals surface area contributed by atoms with Crippen LogP contribution in [0.2, 0.25) is 18.1 Å². The zero-order chi connectivity index (χ0) is 23.1. The van der Waals surface area contributed by atoms with Crippen molar-refractivity contribution in [3.05, 3.63) is 16.7 Å². The number of H-pyrrole nitrogens is 1. The van der Waals surface area contributed by atoms with E-state index >= 15 is 0 Å². The lowest BCUT2D eigenvalue weighted by molar-refractivity contribution is -0.0497. The number of aromatic nitrogens is 4. The number of aliphatic hydroxyl groups is 2. The van der Waals surface area contributed by atoms with Gasteiger partial charge >= 0.3 is 0 Å². The van der Waals surface area contributed by atoms with Gasteiger partial charge in [0.1, 0.15) is 18.3 Å². The van der Waals surface area contributed by atoms with Gasteiger partial charge in [-0.25, -0.2) is 9.98 Å². The summed E-state index contributed by atoms with van der Waals surface area (Å²) in [5.41, 5.74) is -0.0523. The topological polar surface area (TPSA) is 138 Å². The highest BCUT2D eigenvalue weighted by atomic mass is 28.4. The van der Waals surface area contributed by atoms with Gasteiger partial charge in [-0.05, 0) is 18.1 Å². The van der Waals surface area contributed by atoms with Crippen molar-refractivity contribution in [1.29, 1.82) is 0 Å². The molecule has 1 aliphatic rings. The van der Waals surface area contributed by atoms with E-state index in [2.05, 4.69) is 53.8 Å². The van der Waals surface area contributed by atoms with Crippen LogP contribution in [0.4, 0.5) is 5.95 Å². The lowest BCUT2D eigenvalue weighted by Gasteiger charge is -2.40. The van der Waals surface area contributed by atoms with Crippen LogP contribution in [0.1, 0.15) is 27.0 Å². The summed E-state index contributed by atoms with van der Waals surface area (Å²) < 4.78 is 14.0. The first-order valence-electron chi connectivity index (χ1n) is 10.2. The van der Waals surface area contributed by atoms with Crippen molar-refractivity contribution < 1.29 is 19.4 Å². The highest BCUT2D eigenvalue weighted by molar-refractivity contribution is 6.74. The summed E-state index contributed by atoms with van der Waals surface area (Å²) in [6.07, 6.45) is -0.492. The van der Waals surface area contributed by atoms with Crippen molar-refractivity contribution in [2.24, 2.45) is 4.99 Å². The van der Waals surface area contributed by atoms with E-state index < -0.39 is 38.4 Å². The van der Waals surface area contributed by atoms with Crippen LogP contribution < -0.4 is 5.56 Å². The number of rotatable bonds is 6. The van der Waals surface area contributed by atoms with Crippen molar-refractivity contribution in [3.63, 3.8) is 0 Å². The Hall–Kier alpha value is -2.12. The number of aromatic amines is 1. The molecule has 172 valence electrons. The second-order valence-electron chi connectivity index (χ2n) is 9.50. The van der Waals surface area contributed by atoms with Crippen LogP contribution in [0, 0.1) is 0 Å². The van der Waals surface area contributed by atoms with E-state index in [4.69, 9.17) is 9.16 Å². The summed E-state index contributed by atoms with van der Waals surface area (Å²) in [5, 5.41) is 20.4. The maximum Gasteiger partial charge on any atom is 0.280 e. The van der Waals surface area contributed by atoms with E-state index in [1.807, 2.05) is 0 Å². The monoisotopic (exact) mass is 452 g/mol. The fourth-order valence-electron chi connectivity index (χ4n) is 3.07. The summed E-state index contributed by atoms with van der Waals surface area (Å²) in [7, 11) is 1.31. The number of imidazole rings is 1. The molecule has 0 bridgehead atoms. The van der Waals surface area contributed by atoms with Crippen LogP contribution in [0.25, 0.3) is 11.2 Å². The van der Waals surface area contributed by atoms with E-state index in [1.54, 1.807) is 23.6 Å². The molecule has 3 heterocycles. The van der Waals surface area contributed by atoms with Gasteiger partial charge in [-0.15, -0.1) is 0 Å². The van der Waals surface area contributed by atoms with Gasteiger partial charge in [0.15, 0.2) is 25.7 Å². The predicted octanol–water partition coefficient (Wildman–Crippen LogP) is 0.982. The van der Waals surface area contributed by atoms with Gasteiger partial charge in [-0.1, -0.05) is 20.8 Å². The van der Waals surface area contributed by atoms with E-state index in [0.29, 0.717) is 0 Å². The molecular formula is C19H32N6O5Si. The minimum absolute atomic E-state index is 0.102. The largest absolute Gasteiger partial charge is 0.407 e. The van der Waals surface area contributed by atoms with Crippen LogP contribution in [0.3, 0.4) is 0 Å². The SMILES string of the molecule is CN(C)/C=N/c1nc2c(ncn2[C@@H]2O[C@H](CO)[C@@H](O)[C@H]2O[Si](C)(C)C(C)(C)C)c(=O)[nH]1. The summed E-state index contributed by atoms with van der Waals surface area (Å²) in [5.74, 6) is 0.118. The zero-order valence-corrected chi connectivity index (χ0v) is 20.0. The summed E-state index contributed by atoms with van der Waals surface area (Å²) >= 11 is 0. The van der Waals surface area contributed by atoms with Gasteiger partial charge in [-0.3, -0.25) is 14.3 Å². The molecule has 1 fully saturated rings. The van der Waals surface area contributed by atoms with Gasteiger partial charge in [0.25, 0.3) is 5.56 Å². The van der Waals surface area contributed by atoms with Crippen LogP contribution in [0.5, 0.6) is 0 Å². The molecule has 31 heavy (non-hydrogen) atoms. The van der Waals surface area contributed by atoms with Gasteiger partial charge in [0, 0.05) is 14.1 Å². The molecule has 0 amide bonds. The Morgan fingerprint density at radius 3 is 2.68 bits per heavy atom. The number of aliphatic hydroxyl groups excluding tert-OH is 2.